The van der Waals surface area contributed by atoms with E-state index in [1.54, 1.807) is 13.0 Å². The Balaban J connectivity index is 1.41. The third-order valence-electron chi connectivity index (χ3n) is 9.76. The molecule has 3 aliphatic rings. The van der Waals surface area contributed by atoms with Gasteiger partial charge >= 0.3 is 12.0 Å². The molecule has 1 aliphatic heterocycles. The van der Waals surface area contributed by atoms with Crippen molar-refractivity contribution in [2.24, 2.45) is 17.3 Å². The minimum atomic E-state index is -3.71. The molecule has 5 rings (SSSR count). The Morgan fingerprint density at radius 2 is 1.83 bits per heavy atom. The first-order valence-electron chi connectivity index (χ1n) is 15.9. The molecule has 252 valence electrons. The maximum absolute atomic E-state index is 16.1. The van der Waals surface area contributed by atoms with Crippen molar-refractivity contribution in [2.45, 2.75) is 76.0 Å². The number of likely N-dealkylation sites (N-methyl/N-ethyl adjacent to an activating group) is 1. The minimum absolute atomic E-state index is 0.0202. The number of ketones is 1. The van der Waals surface area contributed by atoms with Gasteiger partial charge < -0.3 is 26.0 Å². The first kappa shape index (κ1) is 34.3. The molecule has 4 amide bonds. The van der Waals surface area contributed by atoms with E-state index < -0.39 is 58.8 Å². The molecule has 5 atom stereocenters. The molecule has 0 radical (unpaired) electrons. The second-order valence-corrected chi connectivity index (χ2v) is 13.4. The van der Waals surface area contributed by atoms with E-state index in [0.717, 1.165) is 25.3 Å². The molecule has 47 heavy (non-hydrogen) atoms. The van der Waals surface area contributed by atoms with Crippen LogP contribution in [0.2, 0.25) is 5.02 Å². The topological polar surface area (TPSA) is 143 Å². The lowest BCUT2D eigenvalue weighted by atomic mass is 9.66. The van der Waals surface area contributed by atoms with Gasteiger partial charge in [-0.3, -0.25) is 19.2 Å². The fourth-order valence-electron chi connectivity index (χ4n) is 6.86. The molecule has 4 N–H and O–H groups in total. The zero-order valence-electron chi connectivity index (χ0n) is 26.2. The Labute approximate surface area is 276 Å². The van der Waals surface area contributed by atoms with Crippen LogP contribution in [0.5, 0.6) is 0 Å². The van der Waals surface area contributed by atoms with Crippen LogP contribution in [0.1, 0.15) is 69.6 Å². The van der Waals surface area contributed by atoms with E-state index in [-0.39, 0.29) is 47.2 Å². The highest BCUT2D eigenvalue weighted by molar-refractivity contribution is 6.38. The molecule has 1 heterocycles. The molecule has 0 aromatic heterocycles. The van der Waals surface area contributed by atoms with Crippen molar-refractivity contribution in [1.29, 1.82) is 0 Å². The molecule has 10 nitrogen and oxygen atoms in total. The van der Waals surface area contributed by atoms with Crippen molar-refractivity contribution < 1.29 is 37.5 Å². The molecule has 0 bridgehead atoms. The molecule has 2 saturated carbocycles. The summed E-state index contributed by atoms with van der Waals surface area (Å²) in [7, 11) is 0. The van der Waals surface area contributed by atoms with Crippen molar-refractivity contribution in [1.82, 2.24) is 21.3 Å². The molecule has 2 aromatic rings. The number of carbonyl (C=O) groups excluding carboxylic acids is 5. The van der Waals surface area contributed by atoms with E-state index in [9.17, 15) is 24.0 Å². The van der Waals surface area contributed by atoms with Crippen LogP contribution in [0.3, 0.4) is 0 Å². The largest absolute Gasteiger partial charge is 0.434 e. The van der Waals surface area contributed by atoms with Crippen LogP contribution in [0.25, 0.3) is 0 Å². The smallest absolute Gasteiger partial charge is 0.408 e. The van der Waals surface area contributed by atoms with Crippen molar-refractivity contribution >= 4 is 41.2 Å². The zero-order valence-corrected chi connectivity index (χ0v) is 27.0. The van der Waals surface area contributed by atoms with E-state index in [2.05, 4.69) is 21.3 Å². The molecule has 1 saturated heterocycles. The summed E-state index contributed by atoms with van der Waals surface area (Å²) in [6.07, 6.45) is -0.346. The Bertz CT molecular complexity index is 1540. The monoisotopic (exact) mass is 672 g/mol. The quantitative estimate of drug-likeness (QED) is 0.230. The predicted molar refractivity (Wildman–Crippen MR) is 168 cm³/mol. The zero-order chi connectivity index (χ0) is 34.0. The van der Waals surface area contributed by atoms with Crippen LogP contribution in [0, 0.1) is 17.3 Å². The van der Waals surface area contributed by atoms with E-state index in [1.165, 1.54) is 42.5 Å². The average Bonchev–Trinajstić information content (AvgIpc) is 3.63. The number of rotatable bonds is 13. The fourth-order valence-corrected chi connectivity index (χ4v) is 7.05. The van der Waals surface area contributed by atoms with Gasteiger partial charge in [0.2, 0.25) is 17.6 Å². The summed E-state index contributed by atoms with van der Waals surface area (Å²) < 4.78 is 37.6. The Kier molecular flexibility index (Phi) is 9.91. The standard InChI is InChI=1S/C34H39ClF2N4O6/c1-3-38-29(44)26(42)24(17-21-13-16-39-28(21)43)40-30(45)33(19-25(33)32(2)14-8-15-32)41-31(46)47-27(20-9-5-4-6-10-20)34(36,37)22-11-7-12-23(35)18-22/h4-7,9-12,18,21,24-25,27H,3,8,13-17,19H2,1-2H3,(H,38,44)(H,39,43)(H,40,45)(H,41,46)/t21-,24-,25?,27-,33?/m0/s1. The number of alkyl halides is 2. The van der Waals surface area contributed by atoms with E-state index in [0.29, 0.717) is 13.0 Å². The van der Waals surface area contributed by atoms with Gasteiger partial charge in [-0.1, -0.05) is 67.4 Å². The maximum atomic E-state index is 16.1. The normalized spacial score (nSPS) is 24.1. The van der Waals surface area contributed by atoms with Crippen molar-refractivity contribution in [3.63, 3.8) is 0 Å². The van der Waals surface area contributed by atoms with Gasteiger partial charge in [0, 0.05) is 29.6 Å². The number of alkyl carbamates (subject to hydrolysis) is 1. The number of ether oxygens (including phenoxy) is 1. The van der Waals surface area contributed by atoms with Gasteiger partial charge in [0.05, 0.1) is 6.04 Å². The highest BCUT2D eigenvalue weighted by atomic mass is 35.5. The van der Waals surface area contributed by atoms with Crippen molar-refractivity contribution in [3.05, 3.63) is 70.7 Å². The van der Waals surface area contributed by atoms with Gasteiger partial charge in [-0.05, 0) is 68.1 Å². The Morgan fingerprint density at radius 1 is 1.11 bits per heavy atom. The summed E-state index contributed by atoms with van der Waals surface area (Å²) in [5.41, 5.74) is -2.35. The number of nitrogens with one attached hydrogen (secondary N) is 4. The maximum Gasteiger partial charge on any atom is 0.408 e. The average molecular weight is 673 g/mol. The highest BCUT2D eigenvalue weighted by Crippen LogP contribution is 2.62. The minimum Gasteiger partial charge on any atom is -0.434 e. The number of hydrogen-bond donors (Lipinski definition) is 4. The Hall–Kier alpha value is -4.06. The molecule has 2 aliphatic carbocycles. The predicted octanol–water partition coefficient (Wildman–Crippen LogP) is 4.56. The number of hydrogen-bond acceptors (Lipinski definition) is 6. The molecule has 0 spiro atoms. The molecular weight excluding hydrogens is 634 g/mol. The summed E-state index contributed by atoms with van der Waals surface area (Å²) in [4.78, 5) is 65.8. The van der Waals surface area contributed by atoms with E-state index >= 15 is 8.78 Å². The fraction of sp³-hybridized carbons (Fsp3) is 0.500. The molecule has 3 fully saturated rings. The lowest BCUT2D eigenvalue weighted by molar-refractivity contribution is -0.141. The number of carbonyl (C=O) groups is 5. The lowest BCUT2D eigenvalue weighted by Gasteiger charge is -2.40. The summed E-state index contributed by atoms with van der Waals surface area (Å²) in [6, 6.07) is 11.3. The molecule has 2 unspecified atom stereocenters. The highest BCUT2D eigenvalue weighted by Gasteiger charge is 2.69. The van der Waals surface area contributed by atoms with Gasteiger partial charge in [0.15, 0.2) is 6.10 Å². The van der Waals surface area contributed by atoms with Crippen LogP contribution in [-0.4, -0.2) is 54.3 Å². The van der Waals surface area contributed by atoms with Crippen LogP contribution >= 0.6 is 11.6 Å². The Morgan fingerprint density at radius 3 is 2.43 bits per heavy atom. The summed E-state index contributed by atoms with van der Waals surface area (Å²) in [6.45, 7) is 4.21. The number of Topliss-reactive ketones (excluding diaryl/α,β-unsaturated/α-hetero) is 1. The van der Waals surface area contributed by atoms with Crippen LogP contribution in [-0.2, 0) is 29.8 Å². The third-order valence-corrected chi connectivity index (χ3v) is 10.00. The van der Waals surface area contributed by atoms with Crippen LogP contribution in [0.4, 0.5) is 13.6 Å². The van der Waals surface area contributed by atoms with Gasteiger partial charge in [-0.2, -0.15) is 8.78 Å². The first-order valence-corrected chi connectivity index (χ1v) is 16.3. The van der Waals surface area contributed by atoms with E-state index in [1.807, 2.05) is 6.92 Å². The molecular formula is C34H39ClF2N4O6. The van der Waals surface area contributed by atoms with Crippen molar-refractivity contribution in [3.8, 4) is 0 Å². The molecule has 2 aromatic carbocycles. The van der Waals surface area contributed by atoms with Crippen LogP contribution in [0.15, 0.2) is 54.6 Å². The van der Waals surface area contributed by atoms with Crippen LogP contribution < -0.4 is 21.3 Å². The number of benzene rings is 2. The SMILES string of the molecule is CCNC(=O)C(=O)[C@H](C[C@@H]1CCNC1=O)NC(=O)C1(NC(=O)O[C@@H](c2ccccc2)C(F)(F)c2cccc(Cl)c2)CC1C1(C)CCC1. The number of amides is 4. The number of halogens is 3. The summed E-state index contributed by atoms with van der Waals surface area (Å²) in [5.74, 6) is -7.56. The second-order valence-electron chi connectivity index (χ2n) is 13.0. The van der Waals surface area contributed by atoms with Gasteiger partial charge in [-0.15, -0.1) is 0 Å². The first-order chi connectivity index (χ1) is 22.3. The van der Waals surface area contributed by atoms with Gasteiger partial charge in [0.1, 0.15) is 5.54 Å². The second kappa shape index (κ2) is 13.6. The van der Waals surface area contributed by atoms with Gasteiger partial charge in [-0.25, -0.2) is 4.79 Å². The molecule has 13 heteroatoms. The summed E-state index contributed by atoms with van der Waals surface area (Å²) >= 11 is 6.01. The third kappa shape index (κ3) is 7.12. The van der Waals surface area contributed by atoms with Crippen molar-refractivity contribution in [2.75, 3.05) is 13.1 Å². The van der Waals surface area contributed by atoms with E-state index in [4.69, 9.17) is 16.3 Å². The van der Waals surface area contributed by atoms with Gasteiger partial charge in [0.25, 0.3) is 5.91 Å². The lowest BCUT2D eigenvalue weighted by Crippen LogP contribution is -2.58. The summed E-state index contributed by atoms with van der Waals surface area (Å²) in [5, 5.41) is 10.4.